The normalized spacial score (nSPS) is 11.7. The van der Waals surface area contributed by atoms with E-state index in [2.05, 4.69) is 0 Å². The van der Waals surface area contributed by atoms with Gasteiger partial charge in [0.25, 0.3) is 0 Å². The van der Waals surface area contributed by atoms with Crippen LogP contribution in [0.2, 0.25) is 0 Å². The number of ketones is 1. The van der Waals surface area contributed by atoms with Gasteiger partial charge in [-0.05, 0) is 43.2 Å². The van der Waals surface area contributed by atoms with Crippen molar-refractivity contribution >= 4 is 5.78 Å². The Labute approximate surface area is 143 Å². The molecule has 0 saturated heterocycles. The summed E-state index contributed by atoms with van der Waals surface area (Å²) in [5.41, 5.74) is 2.51. The number of hydrogen-bond acceptors (Lipinski definition) is 4. The van der Waals surface area contributed by atoms with E-state index in [-0.39, 0.29) is 11.7 Å². The van der Waals surface area contributed by atoms with Gasteiger partial charge in [0.15, 0.2) is 5.78 Å². The van der Waals surface area contributed by atoms with Crippen molar-refractivity contribution in [2.75, 3.05) is 20.8 Å². The van der Waals surface area contributed by atoms with E-state index >= 15 is 0 Å². The van der Waals surface area contributed by atoms with Gasteiger partial charge in [0.05, 0.1) is 26.4 Å². The molecule has 4 nitrogen and oxygen atoms in total. The predicted octanol–water partition coefficient (Wildman–Crippen LogP) is 4.40. The zero-order valence-electron chi connectivity index (χ0n) is 14.9. The first-order valence-corrected chi connectivity index (χ1v) is 8.01. The van der Waals surface area contributed by atoms with Gasteiger partial charge in [-0.2, -0.15) is 0 Å². The van der Waals surface area contributed by atoms with Crippen molar-refractivity contribution in [1.82, 2.24) is 0 Å². The number of rotatable bonds is 7. The van der Waals surface area contributed by atoms with Gasteiger partial charge in [0.2, 0.25) is 0 Å². The lowest BCUT2D eigenvalue weighted by Gasteiger charge is -2.16. The van der Waals surface area contributed by atoms with E-state index in [1.807, 2.05) is 39.0 Å². The molecule has 0 aliphatic heterocycles. The molecule has 2 aromatic carbocycles. The second-order valence-electron chi connectivity index (χ2n) is 5.61. The van der Waals surface area contributed by atoms with E-state index < -0.39 is 0 Å². The van der Waals surface area contributed by atoms with Crippen LogP contribution in [0.5, 0.6) is 17.2 Å². The fourth-order valence-corrected chi connectivity index (χ4v) is 2.62. The quantitative estimate of drug-likeness (QED) is 0.707. The zero-order chi connectivity index (χ0) is 17.7. The number of methoxy groups -OCH3 is 2. The molecule has 128 valence electrons. The van der Waals surface area contributed by atoms with E-state index in [4.69, 9.17) is 14.2 Å². The highest BCUT2D eigenvalue weighted by Crippen LogP contribution is 2.31. The van der Waals surface area contributed by atoms with E-state index in [0.29, 0.717) is 23.7 Å². The van der Waals surface area contributed by atoms with Crippen LogP contribution in [0.4, 0.5) is 0 Å². The van der Waals surface area contributed by atoms with E-state index in [1.54, 1.807) is 32.4 Å². The summed E-state index contributed by atoms with van der Waals surface area (Å²) in [4.78, 5) is 12.9. The monoisotopic (exact) mass is 328 g/mol. The molecular formula is C20H24O4. The number of aryl methyl sites for hydroxylation is 1. The van der Waals surface area contributed by atoms with Crippen molar-refractivity contribution in [3.63, 3.8) is 0 Å². The highest BCUT2D eigenvalue weighted by Gasteiger charge is 2.22. The van der Waals surface area contributed by atoms with Gasteiger partial charge >= 0.3 is 0 Å². The number of carbonyl (C=O) groups is 1. The third-order valence-electron chi connectivity index (χ3n) is 4.07. The second-order valence-corrected chi connectivity index (χ2v) is 5.61. The largest absolute Gasteiger partial charge is 0.496 e. The van der Waals surface area contributed by atoms with Crippen molar-refractivity contribution in [3.05, 3.63) is 53.1 Å². The average Bonchev–Trinajstić information content (AvgIpc) is 2.61. The van der Waals surface area contributed by atoms with Crippen LogP contribution in [0.1, 0.15) is 41.3 Å². The van der Waals surface area contributed by atoms with Crippen LogP contribution in [-0.2, 0) is 0 Å². The Balaban J connectivity index is 2.33. The Morgan fingerprint density at radius 3 is 2.38 bits per heavy atom. The summed E-state index contributed by atoms with van der Waals surface area (Å²) < 4.78 is 16.2. The summed E-state index contributed by atoms with van der Waals surface area (Å²) in [5, 5.41) is 0. The average molecular weight is 328 g/mol. The van der Waals surface area contributed by atoms with Crippen LogP contribution in [0.15, 0.2) is 36.4 Å². The van der Waals surface area contributed by atoms with Gasteiger partial charge in [0, 0.05) is 12.0 Å². The molecule has 0 saturated carbocycles. The summed E-state index contributed by atoms with van der Waals surface area (Å²) in [5.74, 6) is 1.70. The van der Waals surface area contributed by atoms with Crippen molar-refractivity contribution in [1.29, 1.82) is 0 Å². The van der Waals surface area contributed by atoms with Crippen LogP contribution < -0.4 is 14.2 Å². The third-order valence-corrected chi connectivity index (χ3v) is 4.07. The number of Topliss-reactive ketones (excluding diaryl/α,β-unsaturated/α-hetero) is 1. The predicted molar refractivity (Wildman–Crippen MR) is 94.6 cm³/mol. The van der Waals surface area contributed by atoms with Gasteiger partial charge in [-0.15, -0.1) is 0 Å². The Bertz CT molecular complexity index is 722. The van der Waals surface area contributed by atoms with Crippen molar-refractivity contribution in [2.24, 2.45) is 0 Å². The SMILES string of the molecule is CCOc1ccc(C(=O)C(C)c2ccc(C)c(OC)c2)c(OC)c1. The minimum atomic E-state index is -0.300. The molecule has 2 aromatic rings. The summed E-state index contributed by atoms with van der Waals surface area (Å²) in [6, 6.07) is 11.1. The lowest BCUT2D eigenvalue weighted by Crippen LogP contribution is -2.11. The number of carbonyl (C=O) groups excluding carboxylic acids is 1. The van der Waals surface area contributed by atoms with Crippen molar-refractivity contribution < 1.29 is 19.0 Å². The molecule has 1 unspecified atom stereocenters. The van der Waals surface area contributed by atoms with Gasteiger partial charge in [-0.1, -0.05) is 19.1 Å². The van der Waals surface area contributed by atoms with Gasteiger partial charge < -0.3 is 14.2 Å². The molecule has 4 heteroatoms. The second kappa shape index (κ2) is 7.86. The van der Waals surface area contributed by atoms with Gasteiger partial charge in [0.1, 0.15) is 17.2 Å². The highest BCUT2D eigenvalue weighted by molar-refractivity contribution is 6.03. The van der Waals surface area contributed by atoms with Crippen LogP contribution in [0, 0.1) is 6.92 Å². The Morgan fingerprint density at radius 2 is 1.75 bits per heavy atom. The van der Waals surface area contributed by atoms with E-state index in [1.165, 1.54) is 0 Å². The molecule has 0 spiro atoms. The molecule has 0 amide bonds. The minimum absolute atomic E-state index is 0.000745. The summed E-state index contributed by atoms with van der Waals surface area (Å²) in [7, 11) is 3.19. The molecule has 0 N–H and O–H groups in total. The first-order valence-electron chi connectivity index (χ1n) is 8.01. The fourth-order valence-electron chi connectivity index (χ4n) is 2.62. The third kappa shape index (κ3) is 3.70. The minimum Gasteiger partial charge on any atom is -0.496 e. The van der Waals surface area contributed by atoms with Gasteiger partial charge in [-0.3, -0.25) is 4.79 Å². The molecule has 24 heavy (non-hydrogen) atoms. The molecule has 2 rings (SSSR count). The molecule has 0 fully saturated rings. The highest BCUT2D eigenvalue weighted by atomic mass is 16.5. The first kappa shape index (κ1) is 17.9. The topological polar surface area (TPSA) is 44.8 Å². The molecule has 0 radical (unpaired) electrons. The maximum Gasteiger partial charge on any atom is 0.173 e. The number of ether oxygens (including phenoxy) is 3. The molecule has 0 bridgehead atoms. The van der Waals surface area contributed by atoms with Crippen LogP contribution >= 0.6 is 0 Å². The summed E-state index contributed by atoms with van der Waals surface area (Å²) in [6.45, 7) is 6.35. The smallest absolute Gasteiger partial charge is 0.173 e. The number of hydrogen-bond donors (Lipinski definition) is 0. The Kier molecular flexibility index (Phi) is 5.85. The zero-order valence-corrected chi connectivity index (χ0v) is 14.9. The molecule has 0 aliphatic carbocycles. The maximum absolute atomic E-state index is 12.9. The summed E-state index contributed by atoms with van der Waals surface area (Å²) >= 11 is 0. The molecule has 1 atom stereocenters. The lowest BCUT2D eigenvalue weighted by molar-refractivity contribution is 0.0963. The maximum atomic E-state index is 12.9. The Morgan fingerprint density at radius 1 is 1.04 bits per heavy atom. The first-order chi connectivity index (χ1) is 11.5. The standard InChI is InChI=1S/C20H24O4/c1-6-24-16-9-10-17(19(12-16)23-5)20(21)14(3)15-8-7-13(2)18(11-15)22-4/h7-12,14H,6H2,1-5H3. The van der Waals surface area contributed by atoms with Crippen molar-refractivity contribution in [3.8, 4) is 17.2 Å². The Hall–Kier alpha value is -2.49. The van der Waals surface area contributed by atoms with Crippen LogP contribution in [-0.4, -0.2) is 26.6 Å². The molecule has 0 aromatic heterocycles. The van der Waals surface area contributed by atoms with Crippen LogP contribution in [0.3, 0.4) is 0 Å². The summed E-state index contributed by atoms with van der Waals surface area (Å²) in [6.07, 6.45) is 0. The molecular weight excluding hydrogens is 304 g/mol. The van der Waals surface area contributed by atoms with Gasteiger partial charge in [-0.25, -0.2) is 0 Å². The van der Waals surface area contributed by atoms with Crippen LogP contribution in [0.25, 0.3) is 0 Å². The molecule has 0 heterocycles. The van der Waals surface area contributed by atoms with Crippen molar-refractivity contribution in [2.45, 2.75) is 26.7 Å². The lowest BCUT2D eigenvalue weighted by atomic mass is 9.91. The fraction of sp³-hybridized carbons (Fsp3) is 0.350. The number of benzene rings is 2. The van der Waals surface area contributed by atoms with E-state index in [9.17, 15) is 4.79 Å². The van der Waals surface area contributed by atoms with E-state index in [0.717, 1.165) is 16.9 Å². The molecule has 0 aliphatic rings.